The second kappa shape index (κ2) is 6.28. The molecular formula is C16H18N2O2S. The first kappa shape index (κ1) is 14.1. The Balaban J connectivity index is 1.54. The van der Waals surface area contributed by atoms with Crippen molar-refractivity contribution in [3.8, 4) is 0 Å². The number of nitrogens with one attached hydrogen (secondary N) is 1. The normalized spacial score (nSPS) is 13.7. The summed E-state index contributed by atoms with van der Waals surface area (Å²) < 4.78 is 5.40. The van der Waals surface area contributed by atoms with Crippen molar-refractivity contribution in [1.82, 2.24) is 5.32 Å². The van der Waals surface area contributed by atoms with E-state index < -0.39 is 0 Å². The summed E-state index contributed by atoms with van der Waals surface area (Å²) in [6.45, 7) is 2.01. The van der Waals surface area contributed by atoms with Crippen molar-refractivity contribution in [1.29, 1.82) is 0 Å². The van der Waals surface area contributed by atoms with Crippen LogP contribution in [-0.4, -0.2) is 19.1 Å². The molecule has 1 amide bonds. The fraction of sp³-hybridized carbons (Fsp3) is 0.312. The third-order valence-electron chi connectivity index (χ3n) is 3.53. The average molecular weight is 302 g/mol. The van der Waals surface area contributed by atoms with Crippen molar-refractivity contribution >= 4 is 22.9 Å². The summed E-state index contributed by atoms with van der Waals surface area (Å²) in [5.74, 6) is 0.00449. The van der Waals surface area contributed by atoms with Crippen LogP contribution >= 0.6 is 11.3 Å². The predicted molar refractivity (Wildman–Crippen MR) is 84.6 cm³/mol. The lowest BCUT2D eigenvalue weighted by Gasteiger charge is -2.10. The Hall–Kier alpha value is -1.85. The number of fused-ring (bicyclic) bond motifs is 1. The largest absolute Gasteiger partial charge is 0.399 e. The molecule has 0 radical (unpaired) electrons. The van der Waals surface area contributed by atoms with E-state index in [1.165, 1.54) is 10.4 Å². The molecule has 0 spiro atoms. The van der Waals surface area contributed by atoms with E-state index in [1.54, 1.807) is 11.3 Å². The number of thiophene rings is 1. The zero-order valence-corrected chi connectivity index (χ0v) is 12.5. The highest BCUT2D eigenvalue weighted by molar-refractivity contribution is 7.14. The van der Waals surface area contributed by atoms with Gasteiger partial charge in [0, 0.05) is 23.5 Å². The van der Waals surface area contributed by atoms with Gasteiger partial charge in [0.2, 0.25) is 0 Å². The van der Waals surface area contributed by atoms with Gasteiger partial charge in [0.05, 0.1) is 18.1 Å². The molecule has 3 rings (SSSR count). The zero-order chi connectivity index (χ0) is 14.7. The maximum absolute atomic E-state index is 12.1. The lowest BCUT2D eigenvalue weighted by molar-refractivity contribution is 0.0957. The first-order valence-electron chi connectivity index (χ1n) is 7.04. The van der Waals surface area contributed by atoms with Crippen LogP contribution < -0.4 is 11.1 Å². The summed E-state index contributed by atoms with van der Waals surface area (Å²) in [6.07, 6.45) is 1.72. The van der Waals surface area contributed by atoms with Crippen molar-refractivity contribution in [2.75, 3.05) is 18.9 Å². The number of hydrogen-bond acceptors (Lipinski definition) is 4. The average Bonchev–Trinajstić information content (AvgIpc) is 2.93. The van der Waals surface area contributed by atoms with E-state index in [2.05, 4.69) is 5.32 Å². The van der Waals surface area contributed by atoms with Crippen LogP contribution in [0.1, 0.15) is 25.7 Å². The number of carbonyl (C=O) groups is 1. The lowest BCUT2D eigenvalue weighted by Crippen LogP contribution is -2.24. The van der Waals surface area contributed by atoms with Crippen molar-refractivity contribution in [3.63, 3.8) is 0 Å². The summed E-state index contributed by atoms with van der Waals surface area (Å²) >= 11 is 1.58. The molecule has 110 valence electrons. The molecular weight excluding hydrogens is 284 g/mol. The molecule has 2 heterocycles. The molecule has 3 N–H and O–H groups in total. The van der Waals surface area contributed by atoms with Gasteiger partial charge in [0.25, 0.3) is 5.91 Å². The van der Waals surface area contributed by atoms with E-state index >= 15 is 0 Å². The molecule has 2 aromatic rings. The van der Waals surface area contributed by atoms with E-state index in [-0.39, 0.29) is 5.91 Å². The number of amides is 1. The molecule has 0 saturated carbocycles. The molecule has 1 aromatic carbocycles. The Kier molecular flexibility index (Phi) is 4.22. The highest BCUT2D eigenvalue weighted by atomic mass is 32.1. The highest BCUT2D eigenvalue weighted by Crippen LogP contribution is 2.26. The minimum absolute atomic E-state index is 0.00449. The second-order valence-electron chi connectivity index (χ2n) is 5.11. The zero-order valence-electron chi connectivity index (χ0n) is 11.7. The maximum atomic E-state index is 12.1. The number of anilines is 1. The fourth-order valence-corrected chi connectivity index (χ4v) is 3.42. The highest BCUT2D eigenvalue weighted by Gasteiger charge is 2.17. The number of hydrogen-bond donors (Lipinski definition) is 2. The van der Waals surface area contributed by atoms with E-state index in [0.29, 0.717) is 13.2 Å². The van der Waals surface area contributed by atoms with Crippen LogP contribution in [0, 0.1) is 0 Å². The predicted octanol–water partition coefficient (Wildman–Crippen LogP) is 2.38. The molecule has 0 aliphatic carbocycles. The van der Waals surface area contributed by atoms with E-state index in [1.807, 2.05) is 30.3 Å². The summed E-state index contributed by atoms with van der Waals surface area (Å²) in [5, 5.41) is 2.97. The van der Waals surface area contributed by atoms with Crippen LogP contribution in [0.3, 0.4) is 0 Å². The Labute approximate surface area is 127 Å². The maximum Gasteiger partial charge on any atom is 0.261 e. The first-order chi connectivity index (χ1) is 10.2. The van der Waals surface area contributed by atoms with Gasteiger partial charge < -0.3 is 15.8 Å². The van der Waals surface area contributed by atoms with E-state index in [0.717, 1.165) is 35.6 Å². The Bertz CT molecular complexity index is 611. The van der Waals surface area contributed by atoms with Gasteiger partial charge in [0.15, 0.2) is 0 Å². The molecule has 5 heteroatoms. The molecule has 0 bridgehead atoms. The third-order valence-corrected chi connectivity index (χ3v) is 4.77. The summed E-state index contributed by atoms with van der Waals surface area (Å²) in [4.78, 5) is 14.2. The van der Waals surface area contributed by atoms with Crippen LogP contribution in [0.2, 0.25) is 0 Å². The molecule has 1 aliphatic rings. The van der Waals surface area contributed by atoms with Crippen molar-refractivity contribution in [3.05, 3.63) is 51.2 Å². The lowest BCUT2D eigenvalue weighted by atomic mass is 10.1. The molecule has 21 heavy (non-hydrogen) atoms. The fourth-order valence-electron chi connectivity index (χ4n) is 2.35. The van der Waals surface area contributed by atoms with E-state index in [9.17, 15) is 4.79 Å². The summed E-state index contributed by atoms with van der Waals surface area (Å²) in [7, 11) is 0. The van der Waals surface area contributed by atoms with E-state index in [4.69, 9.17) is 10.5 Å². The van der Waals surface area contributed by atoms with Gasteiger partial charge in [-0.3, -0.25) is 4.79 Å². The van der Waals surface area contributed by atoms with Gasteiger partial charge in [-0.05, 0) is 35.7 Å². The van der Waals surface area contributed by atoms with Crippen LogP contribution in [0.15, 0.2) is 30.3 Å². The van der Waals surface area contributed by atoms with Crippen molar-refractivity contribution in [2.45, 2.75) is 19.4 Å². The third kappa shape index (κ3) is 3.43. The number of nitrogen functional groups attached to an aromatic ring is 1. The smallest absolute Gasteiger partial charge is 0.261 e. The quantitative estimate of drug-likeness (QED) is 0.852. The Morgan fingerprint density at radius 1 is 1.33 bits per heavy atom. The van der Waals surface area contributed by atoms with Crippen molar-refractivity contribution < 1.29 is 9.53 Å². The van der Waals surface area contributed by atoms with Crippen molar-refractivity contribution in [2.24, 2.45) is 0 Å². The number of ether oxygens (including phenoxy) is 1. The van der Waals surface area contributed by atoms with Crippen LogP contribution in [0.25, 0.3) is 0 Å². The van der Waals surface area contributed by atoms with Gasteiger partial charge in [-0.2, -0.15) is 0 Å². The minimum atomic E-state index is 0.00449. The SMILES string of the molecule is Nc1ccc(CCNC(=O)c2cc3c(s2)CCOC3)cc1. The Morgan fingerprint density at radius 2 is 2.14 bits per heavy atom. The molecule has 1 aliphatic heterocycles. The van der Waals surface area contributed by atoms with Crippen LogP contribution in [0.4, 0.5) is 5.69 Å². The molecule has 0 atom stereocenters. The van der Waals surface area contributed by atoms with Gasteiger partial charge >= 0.3 is 0 Å². The number of benzene rings is 1. The first-order valence-corrected chi connectivity index (χ1v) is 7.86. The van der Waals surface area contributed by atoms with Gasteiger partial charge in [-0.1, -0.05) is 12.1 Å². The number of carbonyl (C=O) groups excluding carboxylic acids is 1. The summed E-state index contributed by atoms with van der Waals surface area (Å²) in [5.41, 5.74) is 8.74. The minimum Gasteiger partial charge on any atom is -0.399 e. The number of rotatable bonds is 4. The topological polar surface area (TPSA) is 64.3 Å². The Morgan fingerprint density at radius 3 is 2.90 bits per heavy atom. The van der Waals surface area contributed by atoms with Gasteiger partial charge in [-0.25, -0.2) is 0 Å². The van der Waals surface area contributed by atoms with Crippen LogP contribution in [-0.2, 0) is 24.2 Å². The number of nitrogens with two attached hydrogens (primary N) is 1. The second-order valence-corrected chi connectivity index (χ2v) is 6.25. The summed E-state index contributed by atoms with van der Waals surface area (Å²) in [6, 6.07) is 9.69. The van der Waals surface area contributed by atoms with Gasteiger partial charge in [0.1, 0.15) is 0 Å². The molecule has 4 nitrogen and oxygen atoms in total. The molecule has 0 unspecified atom stereocenters. The standard InChI is InChI=1S/C16H18N2O2S/c17-13-3-1-11(2-4-13)5-7-18-16(19)15-9-12-10-20-8-6-14(12)21-15/h1-4,9H,5-8,10,17H2,(H,18,19). The molecule has 0 fully saturated rings. The monoisotopic (exact) mass is 302 g/mol. The van der Waals surface area contributed by atoms with Gasteiger partial charge in [-0.15, -0.1) is 11.3 Å². The molecule has 1 aromatic heterocycles. The molecule has 0 saturated heterocycles. The van der Waals surface area contributed by atoms with Crippen LogP contribution in [0.5, 0.6) is 0 Å².